The summed E-state index contributed by atoms with van der Waals surface area (Å²) in [4.78, 5) is 12.1. The van der Waals surface area contributed by atoms with E-state index in [1.54, 1.807) is 30.3 Å². The van der Waals surface area contributed by atoms with Crippen LogP contribution >= 0.6 is 23.2 Å². The highest BCUT2D eigenvalue weighted by molar-refractivity contribution is 6.31. The second-order valence-electron chi connectivity index (χ2n) is 5.24. The Bertz CT molecular complexity index is 626. The molecule has 2 rings (SSSR count). The molecule has 2 aromatic carbocycles. The van der Waals surface area contributed by atoms with Crippen LogP contribution in [0.4, 0.5) is 0 Å². The molecule has 0 fully saturated rings. The lowest BCUT2D eigenvalue weighted by Gasteiger charge is -2.11. The predicted octanol–water partition coefficient (Wildman–Crippen LogP) is 4.95. The van der Waals surface area contributed by atoms with E-state index in [9.17, 15) is 4.79 Å². The Balaban J connectivity index is 2.44. The summed E-state index contributed by atoms with van der Waals surface area (Å²) >= 11 is 11.9. The highest BCUT2D eigenvalue weighted by Gasteiger charge is 2.09. The average molecular weight is 334 g/mol. The van der Waals surface area contributed by atoms with Gasteiger partial charge in [-0.25, -0.2) is 0 Å². The van der Waals surface area contributed by atoms with E-state index in [-0.39, 0.29) is 11.9 Å². The standard InChI is InChI=1S/C18H17Cl2NO/c1-12(2)21-18(22)11-17(13-3-7-15(19)8-4-13)14-5-9-16(20)10-6-14/h3-12H,1-2H3,(H,21,22). The van der Waals surface area contributed by atoms with Gasteiger partial charge in [-0.2, -0.15) is 0 Å². The van der Waals surface area contributed by atoms with Crippen molar-refractivity contribution < 1.29 is 4.79 Å². The largest absolute Gasteiger partial charge is 0.350 e. The molecule has 0 heterocycles. The molecule has 0 atom stereocenters. The van der Waals surface area contributed by atoms with Crippen molar-refractivity contribution >= 4 is 34.7 Å². The molecule has 0 unspecified atom stereocenters. The predicted molar refractivity (Wildman–Crippen MR) is 93.3 cm³/mol. The molecule has 0 radical (unpaired) electrons. The Morgan fingerprint density at radius 2 is 1.32 bits per heavy atom. The first kappa shape index (κ1) is 16.6. The van der Waals surface area contributed by atoms with Crippen molar-refractivity contribution in [2.24, 2.45) is 0 Å². The van der Waals surface area contributed by atoms with Crippen LogP contribution in [0.3, 0.4) is 0 Å². The third-order valence-electron chi connectivity index (χ3n) is 3.02. The lowest BCUT2D eigenvalue weighted by molar-refractivity contribution is -0.116. The van der Waals surface area contributed by atoms with Crippen molar-refractivity contribution in [3.8, 4) is 0 Å². The van der Waals surface area contributed by atoms with Gasteiger partial charge in [0.25, 0.3) is 0 Å². The number of nitrogens with one attached hydrogen (secondary N) is 1. The fourth-order valence-corrected chi connectivity index (χ4v) is 2.30. The molecule has 1 amide bonds. The van der Waals surface area contributed by atoms with Gasteiger partial charge in [-0.15, -0.1) is 0 Å². The molecule has 2 aromatic rings. The van der Waals surface area contributed by atoms with E-state index in [0.717, 1.165) is 16.7 Å². The fourth-order valence-electron chi connectivity index (χ4n) is 2.05. The van der Waals surface area contributed by atoms with Gasteiger partial charge in [0.05, 0.1) is 0 Å². The first-order valence-electron chi connectivity index (χ1n) is 7.00. The zero-order chi connectivity index (χ0) is 16.1. The first-order chi connectivity index (χ1) is 10.5. The number of carbonyl (C=O) groups is 1. The quantitative estimate of drug-likeness (QED) is 0.788. The Hall–Kier alpha value is -1.77. The second kappa shape index (κ2) is 7.48. The third-order valence-corrected chi connectivity index (χ3v) is 3.52. The normalized spacial score (nSPS) is 10.4. The van der Waals surface area contributed by atoms with Gasteiger partial charge >= 0.3 is 0 Å². The van der Waals surface area contributed by atoms with Crippen LogP contribution in [-0.2, 0) is 4.79 Å². The molecule has 0 spiro atoms. The van der Waals surface area contributed by atoms with Gasteiger partial charge in [0.1, 0.15) is 0 Å². The highest BCUT2D eigenvalue weighted by atomic mass is 35.5. The van der Waals surface area contributed by atoms with Crippen molar-refractivity contribution in [1.29, 1.82) is 0 Å². The summed E-state index contributed by atoms with van der Waals surface area (Å²) in [6.07, 6.45) is 1.60. The first-order valence-corrected chi connectivity index (χ1v) is 7.75. The zero-order valence-electron chi connectivity index (χ0n) is 12.4. The lowest BCUT2D eigenvalue weighted by atomic mass is 9.97. The van der Waals surface area contributed by atoms with E-state index < -0.39 is 0 Å². The van der Waals surface area contributed by atoms with Crippen LogP contribution in [0.1, 0.15) is 25.0 Å². The summed E-state index contributed by atoms with van der Waals surface area (Å²) in [5, 5.41) is 4.18. The number of benzene rings is 2. The molecule has 22 heavy (non-hydrogen) atoms. The Morgan fingerprint density at radius 1 is 0.909 bits per heavy atom. The monoisotopic (exact) mass is 333 g/mol. The highest BCUT2D eigenvalue weighted by Crippen LogP contribution is 2.26. The Labute approximate surface area is 140 Å². The molecule has 114 valence electrons. The van der Waals surface area contributed by atoms with Gasteiger partial charge in [0.15, 0.2) is 0 Å². The summed E-state index contributed by atoms with van der Waals surface area (Å²) in [5.41, 5.74) is 2.67. The van der Waals surface area contributed by atoms with E-state index in [1.807, 2.05) is 38.1 Å². The van der Waals surface area contributed by atoms with Crippen LogP contribution in [0.5, 0.6) is 0 Å². The van der Waals surface area contributed by atoms with Crippen LogP contribution < -0.4 is 5.32 Å². The summed E-state index contributed by atoms with van der Waals surface area (Å²) in [6, 6.07) is 14.9. The van der Waals surface area contributed by atoms with Gasteiger partial charge in [0, 0.05) is 22.2 Å². The third kappa shape index (κ3) is 4.62. The van der Waals surface area contributed by atoms with Crippen LogP contribution in [0.15, 0.2) is 54.6 Å². The van der Waals surface area contributed by atoms with E-state index in [4.69, 9.17) is 23.2 Å². The van der Waals surface area contributed by atoms with Gasteiger partial charge in [0.2, 0.25) is 5.91 Å². The number of halogens is 2. The van der Waals surface area contributed by atoms with E-state index in [1.165, 1.54) is 0 Å². The maximum atomic E-state index is 12.1. The molecule has 0 aromatic heterocycles. The van der Waals surface area contributed by atoms with Crippen molar-refractivity contribution in [3.63, 3.8) is 0 Å². The van der Waals surface area contributed by atoms with Gasteiger partial charge in [-0.1, -0.05) is 47.5 Å². The van der Waals surface area contributed by atoms with E-state index >= 15 is 0 Å². The van der Waals surface area contributed by atoms with E-state index in [0.29, 0.717) is 10.0 Å². The van der Waals surface area contributed by atoms with Crippen molar-refractivity contribution in [3.05, 3.63) is 75.8 Å². The molecule has 0 saturated heterocycles. The molecule has 0 bridgehead atoms. The molecule has 2 nitrogen and oxygen atoms in total. The molecule has 0 saturated carbocycles. The topological polar surface area (TPSA) is 29.1 Å². The molecular weight excluding hydrogens is 317 g/mol. The second-order valence-corrected chi connectivity index (χ2v) is 6.11. The molecule has 4 heteroatoms. The minimum atomic E-state index is -0.130. The van der Waals surface area contributed by atoms with Crippen molar-refractivity contribution in [1.82, 2.24) is 5.32 Å². The zero-order valence-corrected chi connectivity index (χ0v) is 13.9. The lowest BCUT2D eigenvalue weighted by Crippen LogP contribution is -2.28. The van der Waals surface area contributed by atoms with Crippen molar-refractivity contribution in [2.45, 2.75) is 19.9 Å². The number of rotatable bonds is 4. The summed E-state index contributed by atoms with van der Waals surface area (Å²) in [5.74, 6) is -0.130. The Kier molecular flexibility index (Phi) is 5.64. The summed E-state index contributed by atoms with van der Waals surface area (Å²) in [7, 11) is 0. The number of hydrogen-bond acceptors (Lipinski definition) is 1. The van der Waals surface area contributed by atoms with Gasteiger partial charge in [-0.3, -0.25) is 4.79 Å². The minimum Gasteiger partial charge on any atom is -0.350 e. The SMILES string of the molecule is CC(C)NC(=O)C=C(c1ccc(Cl)cc1)c1ccc(Cl)cc1. The van der Waals surface area contributed by atoms with Crippen molar-refractivity contribution in [2.75, 3.05) is 0 Å². The Morgan fingerprint density at radius 3 is 1.68 bits per heavy atom. The molecular formula is C18H17Cl2NO. The number of carbonyl (C=O) groups excluding carboxylic acids is 1. The molecule has 0 aliphatic heterocycles. The molecule has 0 aliphatic rings. The van der Waals surface area contributed by atoms with Gasteiger partial charge < -0.3 is 5.32 Å². The minimum absolute atomic E-state index is 0.0837. The maximum Gasteiger partial charge on any atom is 0.244 e. The van der Waals surface area contributed by atoms with Crippen LogP contribution in [-0.4, -0.2) is 11.9 Å². The average Bonchev–Trinajstić information content (AvgIpc) is 2.46. The molecule has 0 aliphatic carbocycles. The van der Waals surface area contributed by atoms with Crippen LogP contribution in [0, 0.1) is 0 Å². The number of hydrogen-bond donors (Lipinski definition) is 1. The van der Waals surface area contributed by atoms with Crippen LogP contribution in [0.2, 0.25) is 10.0 Å². The summed E-state index contributed by atoms with van der Waals surface area (Å²) < 4.78 is 0. The van der Waals surface area contributed by atoms with Gasteiger partial charge in [-0.05, 0) is 54.8 Å². The number of amides is 1. The molecule has 1 N–H and O–H groups in total. The van der Waals surface area contributed by atoms with Crippen LogP contribution in [0.25, 0.3) is 5.57 Å². The van der Waals surface area contributed by atoms with E-state index in [2.05, 4.69) is 5.32 Å². The summed E-state index contributed by atoms with van der Waals surface area (Å²) in [6.45, 7) is 3.85. The maximum absolute atomic E-state index is 12.1. The smallest absolute Gasteiger partial charge is 0.244 e. The fraction of sp³-hybridized carbons (Fsp3) is 0.167.